The lowest BCUT2D eigenvalue weighted by atomic mass is 10.3. The second-order valence-electron chi connectivity index (χ2n) is 4.75. The second-order valence-corrected chi connectivity index (χ2v) is 5.11. The number of amides is 1. The summed E-state index contributed by atoms with van der Waals surface area (Å²) in [6, 6.07) is 3.47. The molecule has 0 radical (unpaired) electrons. The smallest absolute Gasteiger partial charge is 0.320 e. The summed E-state index contributed by atoms with van der Waals surface area (Å²) >= 11 is 5.99. The Morgan fingerprint density at radius 1 is 1.33 bits per heavy atom. The van der Waals surface area contributed by atoms with Crippen molar-refractivity contribution in [2.75, 3.05) is 25.2 Å². The predicted octanol–water partition coefficient (Wildman–Crippen LogP) is 2.26. The van der Waals surface area contributed by atoms with Gasteiger partial charge in [-0.05, 0) is 25.0 Å². The Morgan fingerprint density at radius 2 is 2.10 bits per heavy atom. The number of aromatic nitrogens is 3. The molecule has 1 fully saturated rings. The number of hydrogen-bond acceptors (Lipinski definition) is 6. The summed E-state index contributed by atoms with van der Waals surface area (Å²) in [5.74, 6) is 0.465. The zero-order valence-corrected chi connectivity index (χ0v) is 12.2. The van der Waals surface area contributed by atoms with Crippen LogP contribution in [-0.4, -0.2) is 46.1 Å². The fourth-order valence-electron chi connectivity index (χ4n) is 2.20. The maximum Gasteiger partial charge on any atom is 0.434 e. The number of rotatable bonds is 2. The van der Waals surface area contributed by atoms with E-state index in [1.807, 2.05) is 0 Å². The van der Waals surface area contributed by atoms with Gasteiger partial charge in [-0.3, -0.25) is 0 Å². The summed E-state index contributed by atoms with van der Waals surface area (Å²) in [4.78, 5) is 31.2. The summed E-state index contributed by atoms with van der Waals surface area (Å²) in [5.41, 5.74) is 1.11. The van der Waals surface area contributed by atoms with Crippen molar-refractivity contribution in [3.8, 4) is 0 Å². The Balaban J connectivity index is 1.79. The number of anilines is 1. The van der Waals surface area contributed by atoms with Gasteiger partial charge in [0.05, 0.1) is 5.52 Å². The lowest BCUT2D eigenvalue weighted by Gasteiger charge is -2.21. The van der Waals surface area contributed by atoms with E-state index in [4.69, 9.17) is 16.4 Å². The van der Waals surface area contributed by atoms with Gasteiger partial charge in [0, 0.05) is 20.1 Å². The lowest BCUT2D eigenvalue weighted by molar-refractivity contribution is 0.104. The molecule has 0 N–H and O–H groups in total. The summed E-state index contributed by atoms with van der Waals surface area (Å²) in [7, 11) is 1.62. The molecule has 7 nitrogen and oxygen atoms in total. The van der Waals surface area contributed by atoms with Gasteiger partial charge in [-0.15, -0.1) is 0 Å². The second kappa shape index (κ2) is 5.69. The molecule has 3 heterocycles. The van der Waals surface area contributed by atoms with E-state index in [2.05, 4.69) is 15.0 Å². The third kappa shape index (κ3) is 2.82. The zero-order chi connectivity index (χ0) is 14.8. The molecular weight excluding hydrogens is 294 g/mol. The van der Waals surface area contributed by atoms with Gasteiger partial charge in [0.2, 0.25) is 0 Å². The molecule has 3 rings (SSSR count). The van der Waals surface area contributed by atoms with E-state index < -0.39 is 0 Å². The van der Waals surface area contributed by atoms with Gasteiger partial charge in [-0.1, -0.05) is 11.6 Å². The minimum Gasteiger partial charge on any atom is -0.320 e. The molecule has 0 spiro atoms. The Bertz CT molecular complexity index is 675. The standard InChI is InChI=1S/C13H14ClN5O2/c1-18(21-13(20)19-6-2-3-7-19)10-5-4-9-11(17-10)12(14)16-8-15-9/h4-5,8H,2-3,6-7H2,1H3. The number of pyridine rings is 1. The van der Waals surface area contributed by atoms with Crippen molar-refractivity contribution < 1.29 is 9.63 Å². The molecule has 0 bridgehead atoms. The molecule has 1 aliphatic rings. The fraction of sp³-hybridized carbons (Fsp3) is 0.385. The molecule has 0 atom stereocenters. The summed E-state index contributed by atoms with van der Waals surface area (Å²) in [6.07, 6.45) is 3.04. The van der Waals surface area contributed by atoms with Crippen LogP contribution in [0.1, 0.15) is 12.8 Å². The number of hydrogen-bond donors (Lipinski definition) is 0. The highest BCUT2D eigenvalue weighted by atomic mass is 35.5. The third-order valence-electron chi connectivity index (χ3n) is 3.32. The highest BCUT2D eigenvalue weighted by molar-refractivity contribution is 6.33. The van der Waals surface area contributed by atoms with Crippen LogP contribution in [0, 0.1) is 0 Å². The van der Waals surface area contributed by atoms with Crippen molar-refractivity contribution in [2.24, 2.45) is 0 Å². The molecule has 1 aliphatic heterocycles. The van der Waals surface area contributed by atoms with Gasteiger partial charge in [-0.25, -0.2) is 19.7 Å². The average molecular weight is 308 g/mol. The molecule has 8 heteroatoms. The molecule has 2 aromatic heterocycles. The van der Waals surface area contributed by atoms with Gasteiger partial charge < -0.3 is 9.74 Å². The Kier molecular flexibility index (Phi) is 3.74. The molecule has 110 valence electrons. The average Bonchev–Trinajstić information content (AvgIpc) is 3.01. The van der Waals surface area contributed by atoms with E-state index in [-0.39, 0.29) is 11.2 Å². The Morgan fingerprint density at radius 3 is 2.86 bits per heavy atom. The summed E-state index contributed by atoms with van der Waals surface area (Å²) in [6.45, 7) is 1.47. The molecular formula is C13H14ClN5O2. The number of carbonyl (C=O) groups excluding carboxylic acids is 1. The van der Waals surface area contributed by atoms with Crippen LogP contribution >= 0.6 is 11.6 Å². The minimum atomic E-state index is -0.368. The maximum absolute atomic E-state index is 11.9. The van der Waals surface area contributed by atoms with Crippen molar-refractivity contribution in [3.63, 3.8) is 0 Å². The lowest BCUT2D eigenvalue weighted by Crippen LogP contribution is -2.34. The van der Waals surface area contributed by atoms with Crippen LogP contribution in [0.5, 0.6) is 0 Å². The van der Waals surface area contributed by atoms with Gasteiger partial charge in [0.1, 0.15) is 11.8 Å². The van der Waals surface area contributed by atoms with E-state index in [0.717, 1.165) is 25.9 Å². The van der Waals surface area contributed by atoms with Crippen molar-refractivity contribution in [2.45, 2.75) is 12.8 Å². The SMILES string of the molecule is CN(OC(=O)N1CCCC1)c1ccc2ncnc(Cl)c2n1. The quantitative estimate of drug-likeness (QED) is 0.626. The topological polar surface area (TPSA) is 71.5 Å². The molecule has 1 saturated heterocycles. The minimum absolute atomic E-state index is 0.265. The normalized spacial score (nSPS) is 14.5. The van der Waals surface area contributed by atoms with E-state index in [1.54, 1.807) is 24.1 Å². The van der Waals surface area contributed by atoms with Crippen LogP contribution in [0.25, 0.3) is 11.0 Å². The molecule has 0 saturated carbocycles. The van der Waals surface area contributed by atoms with Gasteiger partial charge in [-0.2, -0.15) is 5.06 Å². The summed E-state index contributed by atoms with van der Waals surface area (Å²) < 4.78 is 0. The van der Waals surface area contributed by atoms with Crippen LogP contribution in [-0.2, 0) is 4.84 Å². The van der Waals surface area contributed by atoms with Crippen molar-refractivity contribution in [3.05, 3.63) is 23.6 Å². The molecule has 21 heavy (non-hydrogen) atoms. The molecule has 0 aromatic carbocycles. The van der Waals surface area contributed by atoms with Crippen LogP contribution in [0.4, 0.5) is 10.6 Å². The first-order chi connectivity index (χ1) is 10.1. The Labute approximate surface area is 126 Å². The zero-order valence-electron chi connectivity index (χ0n) is 11.5. The van der Waals surface area contributed by atoms with E-state index in [1.165, 1.54) is 11.4 Å². The van der Waals surface area contributed by atoms with Crippen LogP contribution in [0.3, 0.4) is 0 Å². The summed E-state index contributed by atoms with van der Waals surface area (Å²) in [5, 5.41) is 1.59. The highest BCUT2D eigenvalue weighted by Crippen LogP contribution is 2.21. The first-order valence-corrected chi connectivity index (χ1v) is 7.01. The predicted molar refractivity (Wildman–Crippen MR) is 78.0 cm³/mol. The fourth-order valence-corrected chi connectivity index (χ4v) is 2.38. The largest absolute Gasteiger partial charge is 0.434 e. The number of hydroxylamine groups is 1. The van der Waals surface area contributed by atoms with Gasteiger partial charge >= 0.3 is 6.09 Å². The van der Waals surface area contributed by atoms with Crippen LogP contribution in [0.2, 0.25) is 5.15 Å². The van der Waals surface area contributed by atoms with Crippen molar-refractivity contribution in [1.82, 2.24) is 19.9 Å². The first-order valence-electron chi connectivity index (χ1n) is 6.63. The number of fused-ring (bicyclic) bond motifs is 1. The molecule has 1 amide bonds. The molecule has 2 aromatic rings. The maximum atomic E-state index is 11.9. The van der Waals surface area contributed by atoms with Crippen LogP contribution < -0.4 is 5.06 Å². The third-order valence-corrected chi connectivity index (χ3v) is 3.60. The van der Waals surface area contributed by atoms with Crippen LogP contribution in [0.15, 0.2) is 18.5 Å². The van der Waals surface area contributed by atoms with E-state index in [0.29, 0.717) is 16.9 Å². The number of carbonyl (C=O) groups is 1. The number of nitrogens with zero attached hydrogens (tertiary/aromatic N) is 5. The van der Waals surface area contributed by atoms with Gasteiger partial charge in [0.25, 0.3) is 0 Å². The number of likely N-dealkylation sites (tertiary alicyclic amines) is 1. The Hall–Kier alpha value is -2.15. The van der Waals surface area contributed by atoms with E-state index >= 15 is 0 Å². The monoisotopic (exact) mass is 307 g/mol. The van der Waals surface area contributed by atoms with Crippen molar-refractivity contribution in [1.29, 1.82) is 0 Å². The van der Waals surface area contributed by atoms with E-state index in [9.17, 15) is 4.79 Å². The van der Waals surface area contributed by atoms with Crippen molar-refractivity contribution >= 4 is 34.5 Å². The molecule has 0 unspecified atom stereocenters. The molecule has 0 aliphatic carbocycles. The highest BCUT2D eigenvalue weighted by Gasteiger charge is 2.21. The number of halogens is 1. The van der Waals surface area contributed by atoms with Gasteiger partial charge in [0.15, 0.2) is 11.0 Å². The first kappa shape index (κ1) is 13.8.